The predicted octanol–water partition coefficient (Wildman–Crippen LogP) is 4.28. The van der Waals surface area contributed by atoms with Crippen LogP contribution in [0.4, 0.5) is 8.78 Å². The smallest absolute Gasteiger partial charge is 0.190 e. The largest absolute Gasteiger partial charge is 0.487 e. The molecule has 1 aromatic rings. The van der Waals surface area contributed by atoms with E-state index in [0.29, 0.717) is 18.7 Å². The Morgan fingerprint density at radius 3 is 2.20 bits per heavy atom. The van der Waals surface area contributed by atoms with Crippen LogP contribution in [-0.4, -0.2) is 12.1 Å². The Labute approximate surface area is 120 Å². The van der Waals surface area contributed by atoms with Crippen molar-refractivity contribution in [2.45, 2.75) is 53.1 Å². The van der Waals surface area contributed by atoms with Gasteiger partial charge in [-0.05, 0) is 44.4 Å². The number of benzene rings is 1. The standard InChI is InChI=1S/C16H25F2NO/c1-6-11(2)10-20-15-13(17)7-12(8-14(15)18)9-19-16(3,4)5/h7-8,11,19H,6,9-10H2,1-5H3. The molecule has 4 heteroatoms. The molecule has 0 radical (unpaired) electrons. The van der Waals surface area contributed by atoms with Gasteiger partial charge in [0.25, 0.3) is 0 Å². The normalized spacial score (nSPS) is 13.3. The summed E-state index contributed by atoms with van der Waals surface area (Å²) in [6.45, 7) is 10.8. The van der Waals surface area contributed by atoms with Crippen LogP contribution in [-0.2, 0) is 6.54 Å². The lowest BCUT2D eigenvalue weighted by Crippen LogP contribution is -2.35. The van der Waals surface area contributed by atoms with Crippen molar-refractivity contribution in [1.82, 2.24) is 5.32 Å². The molecule has 1 unspecified atom stereocenters. The molecule has 2 nitrogen and oxygen atoms in total. The molecule has 20 heavy (non-hydrogen) atoms. The van der Waals surface area contributed by atoms with Crippen molar-refractivity contribution < 1.29 is 13.5 Å². The van der Waals surface area contributed by atoms with Crippen LogP contribution < -0.4 is 10.1 Å². The van der Waals surface area contributed by atoms with Gasteiger partial charge in [0.05, 0.1) is 6.61 Å². The van der Waals surface area contributed by atoms with Crippen molar-refractivity contribution in [2.75, 3.05) is 6.61 Å². The van der Waals surface area contributed by atoms with Gasteiger partial charge in [0.1, 0.15) is 0 Å². The van der Waals surface area contributed by atoms with E-state index in [1.54, 1.807) is 0 Å². The van der Waals surface area contributed by atoms with E-state index in [-0.39, 0.29) is 17.2 Å². The Hall–Kier alpha value is -1.16. The fraction of sp³-hybridized carbons (Fsp3) is 0.625. The number of rotatable bonds is 6. The van der Waals surface area contributed by atoms with E-state index in [1.165, 1.54) is 12.1 Å². The maximum atomic E-state index is 13.9. The van der Waals surface area contributed by atoms with E-state index in [1.807, 2.05) is 34.6 Å². The first-order valence-electron chi connectivity index (χ1n) is 7.08. The van der Waals surface area contributed by atoms with Crippen molar-refractivity contribution in [3.8, 4) is 5.75 Å². The first-order chi connectivity index (χ1) is 9.23. The number of halogens is 2. The van der Waals surface area contributed by atoms with E-state index in [9.17, 15) is 8.78 Å². The molecule has 1 rings (SSSR count). The molecule has 1 N–H and O–H groups in total. The van der Waals surface area contributed by atoms with Crippen molar-refractivity contribution in [3.05, 3.63) is 29.3 Å². The van der Waals surface area contributed by atoms with E-state index < -0.39 is 11.6 Å². The van der Waals surface area contributed by atoms with Crippen LogP contribution in [0.15, 0.2) is 12.1 Å². The molecule has 114 valence electrons. The summed E-state index contributed by atoms with van der Waals surface area (Å²) in [7, 11) is 0. The highest BCUT2D eigenvalue weighted by Gasteiger charge is 2.15. The minimum Gasteiger partial charge on any atom is -0.487 e. The molecule has 0 bridgehead atoms. The topological polar surface area (TPSA) is 21.3 Å². The molecular weight excluding hydrogens is 260 g/mol. The minimum absolute atomic E-state index is 0.0985. The van der Waals surface area contributed by atoms with Gasteiger partial charge < -0.3 is 10.1 Å². The average Bonchev–Trinajstić information content (AvgIpc) is 2.34. The molecule has 0 amide bonds. The monoisotopic (exact) mass is 285 g/mol. The molecule has 0 aliphatic carbocycles. The van der Waals surface area contributed by atoms with Crippen LogP contribution in [0.5, 0.6) is 5.75 Å². The third kappa shape index (κ3) is 5.45. The van der Waals surface area contributed by atoms with Crippen LogP contribution in [0.1, 0.15) is 46.6 Å². The lowest BCUT2D eigenvalue weighted by atomic mass is 10.1. The maximum Gasteiger partial charge on any atom is 0.190 e. The molecule has 0 saturated heterocycles. The number of hydrogen-bond acceptors (Lipinski definition) is 2. The highest BCUT2D eigenvalue weighted by atomic mass is 19.1. The van der Waals surface area contributed by atoms with Gasteiger partial charge in [0.15, 0.2) is 17.4 Å². The highest BCUT2D eigenvalue weighted by molar-refractivity contribution is 5.31. The number of nitrogens with one attached hydrogen (secondary N) is 1. The molecular formula is C16H25F2NO. The second kappa shape index (κ2) is 7.02. The second-order valence-corrected chi connectivity index (χ2v) is 6.32. The van der Waals surface area contributed by atoms with E-state index in [2.05, 4.69) is 5.32 Å². The molecule has 0 spiro atoms. The Morgan fingerprint density at radius 1 is 1.20 bits per heavy atom. The van der Waals surface area contributed by atoms with Crippen LogP contribution in [0, 0.1) is 17.6 Å². The summed E-state index contributed by atoms with van der Waals surface area (Å²) in [4.78, 5) is 0. The van der Waals surface area contributed by atoms with Gasteiger partial charge in [-0.15, -0.1) is 0 Å². The van der Waals surface area contributed by atoms with Gasteiger partial charge in [-0.1, -0.05) is 20.3 Å². The fourth-order valence-corrected chi connectivity index (χ4v) is 1.56. The van der Waals surface area contributed by atoms with Gasteiger partial charge in [0.2, 0.25) is 0 Å². The quantitative estimate of drug-likeness (QED) is 0.842. The van der Waals surface area contributed by atoms with Crippen LogP contribution in [0.3, 0.4) is 0 Å². The lowest BCUT2D eigenvalue weighted by molar-refractivity contribution is 0.235. The maximum absolute atomic E-state index is 13.9. The summed E-state index contributed by atoms with van der Waals surface area (Å²) in [6, 6.07) is 2.65. The molecule has 0 fully saturated rings. The van der Waals surface area contributed by atoms with Gasteiger partial charge in [0, 0.05) is 12.1 Å². The Bertz CT molecular complexity index is 418. The second-order valence-electron chi connectivity index (χ2n) is 6.32. The van der Waals surface area contributed by atoms with Crippen molar-refractivity contribution >= 4 is 0 Å². The molecule has 0 aliphatic heterocycles. The van der Waals surface area contributed by atoms with Crippen molar-refractivity contribution in [2.24, 2.45) is 5.92 Å². The first-order valence-corrected chi connectivity index (χ1v) is 7.08. The molecule has 0 aromatic heterocycles. The molecule has 0 aliphatic rings. The van der Waals surface area contributed by atoms with Gasteiger partial charge in [-0.25, -0.2) is 8.78 Å². The van der Waals surface area contributed by atoms with Crippen LogP contribution in [0.25, 0.3) is 0 Å². The number of ether oxygens (including phenoxy) is 1. The SMILES string of the molecule is CCC(C)COc1c(F)cc(CNC(C)(C)C)cc1F. The molecule has 0 saturated carbocycles. The summed E-state index contributed by atoms with van der Waals surface area (Å²) in [5, 5.41) is 3.20. The van der Waals surface area contributed by atoms with E-state index in [0.717, 1.165) is 6.42 Å². The zero-order valence-electron chi connectivity index (χ0n) is 13.0. The average molecular weight is 285 g/mol. The molecule has 0 heterocycles. The van der Waals surface area contributed by atoms with Crippen molar-refractivity contribution in [3.63, 3.8) is 0 Å². The zero-order valence-corrected chi connectivity index (χ0v) is 13.0. The summed E-state index contributed by atoms with van der Waals surface area (Å²) < 4.78 is 33.0. The molecule has 1 atom stereocenters. The van der Waals surface area contributed by atoms with Gasteiger partial charge in [-0.2, -0.15) is 0 Å². The zero-order chi connectivity index (χ0) is 15.3. The van der Waals surface area contributed by atoms with Gasteiger partial charge >= 0.3 is 0 Å². The fourth-order valence-electron chi connectivity index (χ4n) is 1.56. The third-order valence-electron chi connectivity index (χ3n) is 3.09. The highest BCUT2D eigenvalue weighted by Crippen LogP contribution is 2.24. The Kier molecular flexibility index (Phi) is 5.93. The van der Waals surface area contributed by atoms with E-state index >= 15 is 0 Å². The Morgan fingerprint density at radius 2 is 1.75 bits per heavy atom. The first kappa shape index (κ1) is 16.9. The molecule has 1 aromatic carbocycles. The van der Waals surface area contributed by atoms with Gasteiger partial charge in [-0.3, -0.25) is 0 Å². The summed E-state index contributed by atoms with van der Waals surface area (Å²) in [5.41, 5.74) is 0.476. The number of hydrogen-bond donors (Lipinski definition) is 1. The summed E-state index contributed by atoms with van der Waals surface area (Å²) in [6.07, 6.45) is 0.914. The van der Waals surface area contributed by atoms with Crippen molar-refractivity contribution in [1.29, 1.82) is 0 Å². The summed E-state index contributed by atoms with van der Waals surface area (Å²) in [5.74, 6) is -1.28. The lowest BCUT2D eigenvalue weighted by Gasteiger charge is -2.21. The Balaban J connectivity index is 2.76. The van der Waals surface area contributed by atoms with Crippen LogP contribution >= 0.6 is 0 Å². The van der Waals surface area contributed by atoms with Crippen LogP contribution in [0.2, 0.25) is 0 Å². The summed E-state index contributed by atoms with van der Waals surface area (Å²) >= 11 is 0. The predicted molar refractivity (Wildman–Crippen MR) is 77.9 cm³/mol. The third-order valence-corrected chi connectivity index (χ3v) is 3.09. The van der Waals surface area contributed by atoms with E-state index in [4.69, 9.17) is 4.74 Å². The minimum atomic E-state index is -0.640.